The van der Waals surface area contributed by atoms with Gasteiger partial charge in [-0.1, -0.05) is 17.7 Å². The number of anilines is 1. The molecule has 0 fully saturated rings. The standard InChI is InChI=1S/C13H9Cl2NO3S/c14-10-3-1-2-9(8-10)13(17)16-11-4-6-12(7-5-11)20(15,18)19/h1-8H,(H,16,17). The van der Waals surface area contributed by atoms with Crippen molar-refractivity contribution in [1.29, 1.82) is 0 Å². The molecule has 0 aliphatic heterocycles. The fraction of sp³-hybridized carbons (Fsp3) is 0. The van der Waals surface area contributed by atoms with E-state index in [1.54, 1.807) is 18.2 Å². The van der Waals surface area contributed by atoms with Gasteiger partial charge in [0.2, 0.25) is 0 Å². The first-order valence-corrected chi connectivity index (χ1v) is 8.16. The van der Waals surface area contributed by atoms with E-state index in [1.807, 2.05) is 0 Å². The molecule has 7 heteroatoms. The molecular weight excluding hydrogens is 321 g/mol. The number of rotatable bonds is 3. The van der Waals surface area contributed by atoms with E-state index in [1.165, 1.54) is 30.3 Å². The van der Waals surface area contributed by atoms with Gasteiger partial charge in [-0.2, -0.15) is 0 Å². The van der Waals surface area contributed by atoms with E-state index in [0.717, 1.165) is 0 Å². The summed E-state index contributed by atoms with van der Waals surface area (Å²) in [6, 6.07) is 12.0. The van der Waals surface area contributed by atoms with Crippen molar-refractivity contribution in [3.63, 3.8) is 0 Å². The second-order valence-corrected chi connectivity index (χ2v) is 6.93. The molecule has 0 aliphatic carbocycles. The number of nitrogens with one attached hydrogen (secondary N) is 1. The quantitative estimate of drug-likeness (QED) is 0.876. The van der Waals surface area contributed by atoms with E-state index in [2.05, 4.69) is 5.32 Å². The molecule has 2 aromatic rings. The predicted octanol–water partition coefficient (Wildman–Crippen LogP) is 3.52. The number of carbonyl (C=O) groups excluding carboxylic acids is 1. The molecular formula is C13H9Cl2NO3S. The van der Waals surface area contributed by atoms with Crippen molar-refractivity contribution in [2.75, 3.05) is 5.32 Å². The van der Waals surface area contributed by atoms with Crippen LogP contribution in [0.4, 0.5) is 5.69 Å². The van der Waals surface area contributed by atoms with Crippen molar-refractivity contribution in [2.45, 2.75) is 4.90 Å². The molecule has 1 N–H and O–H groups in total. The van der Waals surface area contributed by atoms with Crippen LogP contribution in [0.5, 0.6) is 0 Å². The van der Waals surface area contributed by atoms with Gasteiger partial charge >= 0.3 is 0 Å². The number of carbonyl (C=O) groups is 1. The Kier molecular flexibility index (Phi) is 4.32. The highest BCUT2D eigenvalue weighted by molar-refractivity contribution is 8.13. The molecule has 0 heterocycles. The maximum absolute atomic E-state index is 11.9. The molecule has 0 bridgehead atoms. The van der Waals surface area contributed by atoms with Crippen LogP contribution in [0, 0.1) is 0 Å². The zero-order chi connectivity index (χ0) is 14.8. The van der Waals surface area contributed by atoms with Crippen LogP contribution in [0.25, 0.3) is 0 Å². The Morgan fingerprint density at radius 1 is 1.05 bits per heavy atom. The van der Waals surface area contributed by atoms with Crippen LogP contribution in [-0.2, 0) is 9.05 Å². The summed E-state index contributed by atoms with van der Waals surface area (Å²) in [5.41, 5.74) is 0.866. The third-order valence-corrected chi connectivity index (χ3v) is 4.09. The molecule has 0 spiro atoms. The SMILES string of the molecule is O=C(Nc1ccc(S(=O)(=O)Cl)cc1)c1cccc(Cl)c1. The van der Waals surface area contributed by atoms with Gasteiger partial charge in [0.25, 0.3) is 15.0 Å². The Bertz CT molecular complexity index is 742. The normalized spacial score (nSPS) is 11.1. The third kappa shape index (κ3) is 3.72. The van der Waals surface area contributed by atoms with Crippen molar-refractivity contribution in [2.24, 2.45) is 0 Å². The lowest BCUT2D eigenvalue weighted by atomic mass is 10.2. The van der Waals surface area contributed by atoms with Gasteiger partial charge in [-0.25, -0.2) is 8.42 Å². The molecule has 104 valence electrons. The summed E-state index contributed by atoms with van der Waals surface area (Å²) in [6.45, 7) is 0. The Hall–Kier alpha value is -1.56. The van der Waals surface area contributed by atoms with Gasteiger partial charge in [0.1, 0.15) is 0 Å². The van der Waals surface area contributed by atoms with Crippen LogP contribution in [0.3, 0.4) is 0 Å². The molecule has 2 rings (SSSR count). The van der Waals surface area contributed by atoms with Crippen molar-refractivity contribution in [3.05, 3.63) is 59.1 Å². The Morgan fingerprint density at radius 3 is 2.25 bits per heavy atom. The van der Waals surface area contributed by atoms with Crippen molar-refractivity contribution >= 4 is 42.9 Å². The number of halogens is 2. The van der Waals surface area contributed by atoms with Crippen LogP contribution < -0.4 is 5.32 Å². The molecule has 0 radical (unpaired) electrons. The third-order valence-electron chi connectivity index (χ3n) is 2.48. The van der Waals surface area contributed by atoms with Crippen molar-refractivity contribution in [1.82, 2.24) is 0 Å². The van der Waals surface area contributed by atoms with Crippen LogP contribution in [0.1, 0.15) is 10.4 Å². The predicted molar refractivity (Wildman–Crippen MR) is 78.9 cm³/mol. The van der Waals surface area contributed by atoms with E-state index in [4.69, 9.17) is 22.3 Å². The van der Waals surface area contributed by atoms with Gasteiger partial charge in [0, 0.05) is 27.0 Å². The van der Waals surface area contributed by atoms with Gasteiger partial charge in [-0.05, 0) is 42.5 Å². The van der Waals surface area contributed by atoms with Gasteiger partial charge in [0.15, 0.2) is 0 Å². The number of benzene rings is 2. The monoisotopic (exact) mass is 329 g/mol. The number of amides is 1. The zero-order valence-electron chi connectivity index (χ0n) is 10.0. The maximum atomic E-state index is 11.9. The Labute approximate surface area is 125 Å². The van der Waals surface area contributed by atoms with Crippen molar-refractivity contribution in [3.8, 4) is 0 Å². The van der Waals surface area contributed by atoms with E-state index >= 15 is 0 Å². The van der Waals surface area contributed by atoms with E-state index in [-0.39, 0.29) is 10.8 Å². The molecule has 4 nitrogen and oxygen atoms in total. The topological polar surface area (TPSA) is 63.2 Å². The summed E-state index contributed by atoms with van der Waals surface area (Å²) in [5.74, 6) is -0.339. The summed E-state index contributed by atoms with van der Waals surface area (Å²) in [6.07, 6.45) is 0. The maximum Gasteiger partial charge on any atom is 0.261 e. The molecule has 20 heavy (non-hydrogen) atoms. The van der Waals surface area contributed by atoms with Crippen LogP contribution >= 0.6 is 22.3 Å². The number of hydrogen-bond acceptors (Lipinski definition) is 3. The molecule has 0 unspecified atom stereocenters. The minimum Gasteiger partial charge on any atom is -0.322 e. The van der Waals surface area contributed by atoms with Crippen LogP contribution in [0.2, 0.25) is 5.02 Å². The molecule has 0 aromatic heterocycles. The summed E-state index contributed by atoms with van der Waals surface area (Å²) in [4.78, 5) is 11.9. The Balaban J connectivity index is 2.16. The second kappa shape index (κ2) is 5.83. The fourth-order valence-electron chi connectivity index (χ4n) is 1.53. The Morgan fingerprint density at radius 2 is 1.70 bits per heavy atom. The van der Waals surface area contributed by atoms with Gasteiger partial charge in [-0.3, -0.25) is 4.79 Å². The molecule has 0 aliphatic rings. The highest BCUT2D eigenvalue weighted by atomic mass is 35.7. The summed E-state index contributed by atoms with van der Waals surface area (Å²) < 4.78 is 22.2. The molecule has 0 atom stereocenters. The first-order chi connectivity index (χ1) is 9.36. The van der Waals surface area contributed by atoms with E-state index in [9.17, 15) is 13.2 Å². The smallest absolute Gasteiger partial charge is 0.261 e. The van der Waals surface area contributed by atoms with Crippen molar-refractivity contribution < 1.29 is 13.2 Å². The minimum absolute atomic E-state index is 0.0279. The summed E-state index contributed by atoms with van der Waals surface area (Å²) >= 11 is 5.80. The van der Waals surface area contributed by atoms with Gasteiger partial charge in [-0.15, -0.1) is 0 Å². The lowest BCUT2D eigenvalue weighted by Crippen LogP contribution is -2.11. The minimum atomic E-state index is -3.76. The molecule has 0 saturated carbocycles. The van der Waals surface area contributed by atoms with Crippen LogP contribution in [-0.4, -0.2) is 14.3 Å². The fourth-order valence-corrected chi connectivity index (χ4v) is 2.49. The highest BCUT2D eigenvalue weighted by Gasteiger charge is 2.10. The first-order valence-electron chi connectivity index (χ1n) is 5.48. The van der Waals surface area contributed by atoms with E-state index < -0.39 is 9.05 Å². The zero-order valence-corrected chi connectivity index (χ0v) is 12.3. The highest BCUT2D eigenvalue weighted by Crippen LogP contribution is 2.18. The average Bonchev–Trinajstić information content (AvgIpc) is 2.38. The summed E-state index contributed by atoms with van der Waals surface area (Å²) in [7, 11) is 1.44. The second-order valence-electron chi connectivity index (χ2n) is 3.93. The van der Waals surface area contributed by atoms with Crippen LogP contribution in [0.15, 0.2) is 53.4 Å². The van der Waals surface area contributed by atoms with E-state index in [0.29, 0.717) is 16.3 Å². The molecule has 1 amide bonds. The lowest BCUT2D eigenvalue weighted by Gasteiger charge is -2.06. The first kappa shape index (κ1) is 14.8. The summed E-state index contributed by atoms with van der Waals surface area (Å²) in [5, 5.41) is 3.09. The average molecular weight is 330 g/mol. The molecule has 2 aromatic carbocycles. The van der Waals surface area contributed by atoms with Gasteiger partial charge in [0.05, 0.1) is 4.90 Å². The lowest BCUT2D eigenvalue weighted by molar-refractivity contribution is 0.102. The molecule has 0 saturated heterocycles. The number of hydrogen-bond donors (Lipinski definition) is 1. The van der Waals surface area contributed by atoms with Gasteiger partial charge < -0.3 is 5.32 Å². The largest absolute Gasteiger partial charge is 0.322 e.